The summed E-state index contributed by atoms with van der Waals surface area (Å²) in [6, 6.07) is 7.81. The summed E-state index contributed by atoms with van der Waals surface area (Å²) >= 11 is 6.08. The normalized spacial score (nSPS) is 13.9. The Morgan fingerprint density at radius 3 is 2.94 bits per heavy atom. The van der Waals surface area contributed by atoms with Crippen LogP contribution in [0, 0.1) is 0 Å². The molecule has 5 aromatic rings. The molecular formula is C22H19ClN8O. The molecule has 1 fully saturated rings. The van der Waals surface area contributed by atoms with Crippen LogP contribution in [0.25, 0.3) is 11.2 Å². The van der Waals surface area contributed by atoms with Gasteiger partial charge in [0, 0.05) is 30.0 Å². The van der Waals surface area contributed by atoms with Crippen molar-refractivity contribution in [2.45, 2.75) is 38.1 Å². The Balaban J connectivity index is 1.13. The van der Waals surface area contributed by atoms with Crippen molar-refractivity contribution in [1.29, 1.82) is 0 Å². The number of imidazole rings is 2. The highest BCUT2D eigenvalue weighted by atomic mass is 35.5. The van der Waals surface area contributed by atoms with Crippen LogP contribution in [-0.4, -0.2) is 44.8 Å². The fourth-order valence-corrected chi connectivity index (χ4v) is 4.07. The smallest absolute Gasteiger partial charge is 0.240 e. The molecule has 1 saturated carbocycles. The molecule has 0 N–H and O–H groups in total. The van der Waals surface area contributed by atoms with E-state index in [1.807, 2.05) is 33.3 Å². The zero-order chi connectivity index (χ0) is 21.7. The number of tetrazole rings is 1. The van der Waals surface area contributed by atoms with Gasteiger partial charge in [0.1, 0.15) is 12.2 Å². The van der Waals surface area contributed by atoms with Gasteiger partial charge in [-0.2, -0.15) is 4.80 Å². The molecule has 160 valence electrons. The van der Waals surface area contributed by atoms with E-state index in [-0.39, 0.29) is 18.0 Å². The number of pyridine rings is 2. The second-order valence-electron chi connectivity index (χ2n) is 8.13. The van der Waals surface area contributed by atoms with Crippen LogP contribution in [0.3, 0.4) is 0 Å². The Morgan fingerprint density at radius 1 is 1.16 bits per heavy atom. The van der Waals surface area contributed by atoms with Gasteiger partial charge in [-0.25, -0.2) is 9.97 Å². The molecule has 0 bridgehead atoms. The van der Waals surface area contributed by atoms with Gasteiger partial charge in [0.25, 0.3) is 0 Å². The molecule has 9 nitrogen and oxygen atoms in total. The van der Waals surface area contributed by atoms with Gasteiger partial charge in [-0.05, 0) is 54.2 Å². The molecule has 6 rings (SSSR count). The molecule has 0 aliphatic heterocycles. The quantitative estimate of drug-likeness (QED) is 0.356. The third-order valence-corrected chi connectivity index (χ3v) is 5.98. The fraction of sp³-hybridized carbons (Fsp3) is 0.273. The SMILES string of the molecule is O=C(CCc1ncn2ccc(Cl)cc12)c1nnn(Cc2cn3cc(C4CC4)ccc3n2)n1. The first kappa shape index (κ1) is 19.1. The average Bonchev–Trinajstić information content (AvgIpc) is 3.21. The predicted octanol–water partition coefficient (Wildman–Crippen LogP) is 3.36. The summed E-state index contributed by atoms with van der Waals surface area (Å²) in [4.78, 5) is 23.0. The lowest BCUT2D eigenvalue weighted by atomic mass is 10.1. The van der Waals surface area contributed by atoms with Crippen molar-refractivity contribution in [3.8, 4) is 0 Å². The van der Waals surface area contributed by atoms with Crippen LogP contribution >= 0.6 is 11.6 Å². The Morgan fingerprint density at radius 2 is 2.06 bits per heavy atom. The van der Waals surface area contributed by atoms with Gasteiger partial charge >= 0.3 is 0 Å². The monoisotopic (exact) mass is 446 g/mol. The Hall–Kier alpha value is -3.59. The van der Waals surface area contributed by atoms with Crippen molar-refractivity contribution < 1.29 is 4.79 Å². The molecule has 0 atom stereocenters. The second kappa shape index (κ2) is 7.52. The summed E-state index contributed by atoms with van der Waals surface area (Å²) in [5.74, 6) is 0.614. The van der Waals surface area contributed by atoms with E-state index in [1.165, 1.54) is 23.2 Å². The zero-order valence-electron chi connectivity index (χ0n) is 17.1. The van der Waals surface area contributed by atoms with Gasteiger partial charge < -0.3 is 8.80 Å². The number of rotatable bonds is 7. The number of Topliss-reactive ketones (excluding diaryl/α,β-unsaturated/α-hetero) is 1. The highest BCUT2D eigenvalue weighted by Crippen LogP contribution is 2.39. The highest BCUT2D eigenvalue weighted by Gasteiger charge is 2.24. The topological polar surface area (TPSA) is 95.3 Å². The maximum Gasteiger partial charge on any atom is 0.240 e. The first-order valence-corrected chi connectivity index (χ1v) is 10.9. The van der Waals surface area contributed by atoms with Gasteiger partial charge in [-0.15, -0.1) is 10.2 Å². The maximum atomic E-state index is 12.6. The first-order chi connectivity index (χ1) is 15.6. The van der Waals surface area contributed by atoms with Gasteiger partial charge in [-0.1, -0.05) is 17.7 Å². The van der Waals surface area contributed by atoms with Crippen LogP contribution in [0.5, 0.6) is 0 Å². The van der Waals surface area contributed by atoms with Crippen LogP contribution in [-0.2, 0) is 13.0 Å². The summed E-state index contributed by atoms with van der Waals surface area (Å²) in [5, 5.41) is 12.9. The van der Waals surface area contributed by atoms with Gasteiger partial charge in [0.2, 0.25) is 11.6 Å². The fourth-order valence-electron chi connectivity index (χ4n) is 3.92. The number of aromatic nitrogens is 8. The van der Waals surface area contributed by atoms with Crippen molar-refractivity contribution in [1.82, 2.24) is 39.0 Å². The van der Waals surface area contributed by atoms with Crippen LogP contribution in [0.1, 0.15) is 52.8 Å². The average molecular weight is 447 g/mol. The molecule has 0 spiro atoms. The van der Waals surface area contributed by atoms with E-state index >= 15 is 0 Å². The van der Waals surface area contributed by atoms with Crippen LogP contribution in [0.4, 0.5) is 0 Å². The molecule has 10 heteroatoms. The van der Waals surface area contributed by atoms with Crippen LogP contribution < -0.4 is 0 Å². The highest BCUT2D eigenvalue weighted by molar-refractivity contribution is 6.30. The number of ketones is 1. The molecule has 1 aliphatic carbocycles. The third-order valence-electron chi connectivity index (χ3n) is 5.75. The van der Waals surface area contributed by atoms with Gasteiger partial charge in [0.05, 0.1) is 23.2 Å². The minimum absolute atomic E-state index is 0.103. The first-order valence-electron chi connectivity index (χ1n) is 10.5. The molecule has 32 heavy (non-hydrogen) atoms. The van der Waals surface area contributed by atoms with E-state index in [2.05, 4.69) is 37.6 Å². The number of carbonyl (C=O) groups is 1. The maximum absolute atomic E-state index is 12.6. The van der Waals surface area contributed by atoms with E-state index in [0.29, 0.717) is 23.9 Å². The van der Waals surface area contributed by atoms with E-state index in [0.717, 1.165) is 22.6 Å². The number of aryl methyl sites for hydroxylation is 1. The number of halogens is 1. The van der Waals surface area contributed by atoms with Gasteiger partial charge in [-0.3, -0.25) is 4.79 Å². The van der Waals surface area contributed by atoms with E-state index in [4.69, 9.17) is 11.6 Å². The summed E-state index contributed by atoms with van der Waals surface area (Å²) in [6.07, 6.45) is 10.9. The molecule has 1 aliphatic rings. The zero-order valence-corrected chi connectivity index (χ0v) is 17.9. The van der Waals surface area contributed by atoms with Gasteiger partial charge in [0.15, 0.2) is 0 Å². The van der Waals surface area contributed by atoms with Crippen molar-refractivity contribution >= 4 is 28.5 Å². The van der Waals surface area contributed by atoms with E-state index < -0.39 is 0 Å². The molecule has 5 heterocycles. The molecular weight excluding hydrogens is 428 g/mol. The predicted molar refractivity (Wildman–Crippen MR) is 117 cm³/mol. The van der Waals surface area contributed by atoms with Crippen molar-refractivity contribution in [2.75, 3.05) is 0 Å². The minimum atomic E-state index is -0.177. The number of fused-ring (bicyclic) bond motifs is 2. The molecule has 0 unspecified atom stereocenters. The molecule has 5 aromatic heterocycles. The lowest BCUT2D eigenvalue weighted by molar-refractivity contribution is 0.0972. The number of carbonyl (C=O) groups excluding carboxylic acids is 1. The Labute approximate surface area is 187 Å². The van der Waals surface area contributed by atoms with E-state index in [1.54, 1.807) is 12.4 Å². The Bertz CT molecular complexity index is 1460. The lowest BCUT2D eigenvalue weighted by Gasteiger charge is -1.98. The summed E-state index contributed by atoms with van der Waals surface area (Å²) in [5.41, 5.74) is 4.74. The van der Waals surface area contributed by atoms with E-state index in [9.17, 15) is 4.79 Å². The van der Waals surface area contributed by atoms with Crippen molar-refractivity contribution in [2.24, 2.45) is 0 Å². The van der Waals surface area contributed by atoms with Crippen molar-refractivity contribution in [3.63, 3.8) is 0 Å². The molecule has 0 radical (unpaired) electrons. The lowest BCUT2D eigenvalue weighted by Crippen LogP contribution is -2.07. The number of hydrogen-bond donors (Lipinski definition) is 0. The van der Waals surface area contributed by atoms with Crippen LogP contribution in [0.15, 0.2) is 49.2 Å². The number of hydrogen-bond acceptors (Lipinski definition) is 6. The third kappa shape index (κ3) is 3.64. The largest absolute Gasteiger partial charge is 0.306 e. The minimum Gasteiger partial charge on any atom is -0.306 e. The van der Waals surface area contributed by atoms with Crippen molar-refractivity contribution in [3.05, 3.63) is 77.0 Å². The summed E-state index contributed by atoms with van der Waals surface area (Å²) in [6.45, 7) is 0.352. The van der Waals surface area contributed by atoms with Crippen LogP contribution in [0.2, 0.25) is 5.02 Å². The summed E-state index contributed by atoms with van der Waals surface area (Å²) in [7, 11) is 0. The standard InChI is InChI=1S/C22H19ClN8O/c23-16-7-8-29-13-24-18(19(29)9-16)4-5-20(32)22-26-28-31(27-22)12-17-11-30-10-15(14-1-2-14)3-6-21(30)25-17/h3,6-11,13-14H,1-2,4-5,12H2. The molecule has 0 saturated heterocycles. The molecule has 0 aromatic carbocycles. The Kier molecular flexibility index (Phi) is 4.50. The molecule has 0 amide bonds. The summed E-state index contributed by atoms with van der Waals surface area (Å²) < 4.78 is 3.91. The number of nitrogens with zero attached hydrogens (tertiary/aromatic N) is 8. The second-order valence-corrected chi connectivity index (χ2v) is 8.57.